The predicted octanol–water partition coefficient (Wildman–Crippen LogP) is 3.49. The van der Waals surface area contributed by atoms with E-state index in [-0.39, 0.29) is 0 Å². The molecule has 0 spiro atoms. The number of nitrogens with zero attached hydrogens (tertiary/aromatic N) is 2. The Balaban J connectivity index is 1.52. The van der Waals surface area contributed by atoms with Crippen LogP contribution < -0.4 is 5.32 Å². The second kappa shape index (κ2) is 6.48. The fourth-order valence-corrected chi connectivity index (χ4v) is 3.10. The zero-order valence-electron chi connectivity index (χ0n) is 13.1. The van der Waals surface area contributed by atoms with Crippen LogP contribution in [0.2, 0.25) is 0 Å². The predicted molar refractivity (Wildman–Crippen MR) is 88.6 cm³/mol. The van der Waals surface area contributed by atoms with E-state index in [4.69, 9.17) is 0 Å². The van der Waals surface area contributed by atoms with E-state index in [1.54, 1.807) is 0 Å². The number of rotatable bonds is 5. The fraction of sp³-hybridized carbons (Fsp3) is 0.588. The molecule has 1 aliphatic rings. The van der Waals surface area contributed by atoms with E-state index in [1.807, 2.05) is 6.20 Å². The molecule has 4 heteroatoms. The summed E-state index contributed by atoms with van der Waals surface area (Å²) in [5, 5.41) is 11.9. The Morgan fingerprint density at radius 3 is 2.95 bits per heavy atom. The van der Waals surface area contributed by atoms with Crippen molar-refractivity contribution >= 4 is 16.6 Å². The number of hydrogen-bond acceptors (Lipinski definition) is 3. The molecule has 0 saturated carbocycles. The van der Waals surface area contributed by atoms with E-state index in [1.165, 1.54) is 50.0 Å². The standard InChI is InChI=1S/C17H26N4/c1-3-13(2)12-21-8-6-15(7-9-21)19-16-4-5-17-14(10-16)11-18-20-17/h4-5,10-11,13,15,19H,3,6-9,12H2,1-2H3,(H,18,20). The second-order valence-electron chi connectivity index (χ2n) is 6.40. The minimum atomic E-state index is 0.600. The lowest BCUT2D eigenvalue weighted by molar-refractivity contribution is 0.191. The maximum atomic E-state index is 4.08. The third kappa shape index (κ3) is 3.56. The number of anilines is 1. The van der Waals surface area contributed by atoms with Gasteiger partial charge in [-0.05, 0) is 37.0 Å². The van der Waals surface area contributed by atoms with Crippen LogP contribution in [0.3, 0.4) is 0 Å². The molecule has 2 N–H and O–H groups in total. The smallest absolute Gasteiger partial charge is 0.0651 e. The normalized spacial score (nSPS) is 19.0. The molecule has 0 bridgehead atoms. The summed E-state index contributed by atoms with van der Waals surface area (Å²) >= 11 is 0. The molecule has 1 atom stereocenters. The Morgan fingerprint density at radius 2 is 2.19 bits per heavy atom. The molecule has 0 radical (unpaired) electrons. The van der Waals surface area contributed by atoms with Crippen molar-refractivity contribution < 1.29 is 0 Å². The van der Waals surface area contributed by atoms with Gasteiger partial charge in [-0.15, -0.1) is 0 Å². The minimum absolute atomic E-state index is 0.600. The number of likely N-dealkylation sites (tertiary alicyclic amines) is 1. The molecule has 1 saturated heterocycles. The first kappa shape index (κ1) is 14.4. The van der Waals surface area contributed by atoms with Gasteiger partial charge in [0, 0.05) is 36.7 Å². The summed E-state index contributed by atoms with van der Waals surface area (Å²) in [6.07, 6.45) is 5.64. The van der Waals surface area contributed by atoms with E-state index >= 15 is 0 Å². The molecule has 4 nitrogen and oxygen atoms in total. The van der Waals surface area contributed by atoms with Crippen LogP contribution in [0.4, 0.5) is 5.69 Å². The van der Waals surface area contributed by atoms with E-state index in [9.17, 15) is 0 Å². The maximum absolute atomic E-state index is 4.08. The number of benzene rings is 1. The maximum Gasteiger partial charge on any atom is 0.0651 e. The Hall–Kier alpha value is -1.55. The molecule has 114 valence electrons. The molecular weight excluding hydrogens is 260 g/mol. The van der Waals surface area contributed by atoms with Gasteiger partial charge in [0.2, 0.25) is 0 Å². The van der Waals surface area contributed by atoms with Crippen LogP contribution in [-0.4, -0.2) is 40.8 Å². The lowest BCUT2D eigenvalue weighted by atomic mass is 10.0. The summed E-state index contributed by atoms with van der Waals surface area (Å²) in [5.41, 5.74) is 2.31. The van der Waals surface area contributed by atoms with Crippen molar-refractivity contribution in [2.24, 2.45) is 5.92 Å². The van der Waals surface area contributed by atoms with Gasteiger partial charge >= 0.3 is 0 Å². The fourth-order valence-electron chi connectivity index (χ4n) is 3.10. The van der Waals surface area contributed by atoms with Gasteiger partial charge in [0.1, 0.15) is 0 Å². The first-order valence-electron chi connectivity index (χ1n) is 8.16. The highest BCUT2D eigenvalue weighted by atomic mass is 15.1. The molecule has 2 aromatic rings. The molecule has 21 heavy (non-hydrogen) atoms. The van der Waals surface area contributed by atoms with Crippen LogP contribution in [0.1, 0.15) is 33.1 Å². The third-order valence-corrected chi connectivity index (χ3v) is 4.67. The molecule has 1 aliphatic heterocycles. The van der Waals surface area contributed by atoms with Crippen LogP contribution >= 0.6 is 0 Å². The topological polar surface area (TPSA) is 44.0 Å². The largest absolute Gasteiger partial charge is 0.382 e. The minimum Gasteiger partial charge on any atom is -0.382 e. The second-order valence-corrected chi connectivity index (χ2v) is 6.40. The highest BCUT2D eigenvalue weighted by Gasteiger charge is 2.19. The molecule has 3 rings (SSSR count). The van der Waals surface area contributed by atoms with Crippen molar-refractivity contribution in [1.29, 1.82) is 0 Å². The molecule has 1 unspecified atom stereocenters. The third-order valence-electron chi connectivity index (χ3n) is 4.67. The van der Waals surface area contributed by atoms with Crippen LogP contribution in [-0.2, 0) is 0 Å². The van der Waals surface area contributed by atoms with E-state index in [0.29, 0.717) is 6.04 Å². The van der Waals surface area contributed by atoms with Gasteiger partial charge in [-0.1, -0.05) is 20.3 Å². The average molecular weight is 286 g/mol. The zero-order valence-corrected chi connectivity index (χ0v) is 13.1. The molecule has 1 aromatic heterocycles. The summed E-state index contributed by atoms with van der Waals surface area (Å²) in [7, 11) is 0. The summed E-state index contributed by atoms with van der Waals surface area (Å²) in [4.78, 5) is 2.62. The van der Waals surface area contributed by atoms with Gasteiger partial charge in [-0.2, -0.15) is 5.10 Å². The van der Waals surface area contributed by atoms with Crippen molar-refractivity contribution in [2.45, 2.75) is 39.2 Å². The Kier molecular flexibility index (Phi) is 4.44. The van der Waals surface area contributed by atoms with E-state index in [2.05, 4.69) is 52.5 Å². The van der Waals surface area contributed by atoms with Crippen molar-refractivity contribution in [2.75, 3.05) is 25.0 Å². The number of aromatic amines is 1. The van der Waals surface area contributed by atoms with Gasteiger partial charge in [-0.25, -0.2) is 0 Å². The lowest BCUT2D eigenvalue weighted by Crippen LogP contribution is -2.40. The molecule has 0 amide bonds. The quantitative estimate of drug-likeness (QED) is 0.884. The van der Waals surface area contributed by atoms with Crippen molar-refractivity contribution in [3.8, 4) is 0 Å². The molecule has 2 heterocycles. The zero-order chi connectivity index (χ0) is 14.7. The first-order chi connectivity index (χ1) is 10.2. The van der Waals surface area contributed by atoms with Crippen molar-refractivity contribution in [3.05, 3.63) is 24.4 Å². The summed E-state index contributed by atoms with van der Waals surface area (Å²) in [6, 6.07) is 7.03. The average Bonchev–Trinajstić information content (AvgIpc) is 2.96. The van der Waals surface area contributed by atoms with Gasteiger partial charge in [-0.3, -0.25) is 5.10 Å². The first-order valence-corrected chi connectivity index (χ1v) is 8.16. The monoisotopic (exact) mass is 286 g/mol. The number of H-pyrrole nitrogens is 1. The summed E-state index contributed by atoms with van der Waals surface area (Å²) in [5.74, 6) is 0.818. The number of piperidine rings is 1. The van der Waals surface area contributed by atoms with E-state index in [0.717, 1.165) is 11.4 Å². The SMILES string of the molecule is CCC(C)CN1CCC(Nc2ccc3[nH]ncc3c2)CC1. The van der Waals surface area contributed by atoms with Crippen LogP contribution in [0.25, 0.3) is 10.9 Å². The Morgan fingerprint density at radius 1 is 1.38 bits per heavy atom. The lowest BCUT2D eigenvalue weighted by Gasteiger charge is -2.34. The van der Waals surface area contributed by atoms with Crippen molar-refractivity contribution in [1.82, 2.24) is 15.1 Å². The molecule has 1 aromatic carbocycles. The van der Waals surface area contributed by atoms with Gasteiger partial charge in [0.05, 0.1) is 11.7 Å². The molecular formula is C17H26N4. The number of hydrogen-bond donors (Lipinski definition) is 2. The molecule has 1 fully saturated rings. The van der Waals surface area contributed by atoms with Gasteiger partial charge in [0.25, 0.3) is 0 Å². The van der Waals surface area contributed by atoms with Gasteiger partial charge < -0.3 is 10.2 Å². The molecule has 0 aliphatic carbocycles. The van der Waals surface area contributed by atoms with Crippen LogP contribution in [0.5, 0.6) is 0 Å². The van der Waals surface area contributed by atoms with Crippen LogP contribution in [0, 0.1) is 5.92 Å². The van der Waals surface area contributed by atoms with Crippen molar-refractivity contribution in [3.63, 3.8) is 0 Å². The number of nitrogens with one attached hydrogen (secondary N) is 2. The van der Waals surface area contributed by atoms with E-state index < -0.39 is 0 Å². The summed E-state index contributed by atoms with van der Waals surface area (Å²) < 4.78 is 0. The Labute approximate surface area is 126 Å². The van der Waals surface area contributed by atoms with Gasteiger partial charge in [0.15, 0.2) is 0 Å². The summed E-state index contributed by atoms with van der Waals surface area (Å²) in [6.45, 7) is 8.32. The number of aromatic nitrogens is 2. The Bertz CT molecular complexity index is 569. The van der Waals surface area contributed by atoms with Crippen LogP contribution in [0.15, 0.2) is 24.4 Å². The number of fused-ring (bicyclic) bond motifs is 1. The highest BCUT2D eigenvalue weighted by Crippen LogP contribution is 2.21. The highest BCUT2D eigenvalue weighted by molar-refractivity contribution is 5.81.